The van der Waals surface area contributed by atoms with Gasteiger partial charge in [0.05, 0.1) is 23.0 Å². The second-order valence-electron chi connectivity index (χ2n) is 5.73. The van der Waals surface area contributed by atoms with Crippen LogP contribution in [0.2, 0.25) is 0 Å². The summed E-state index contributed by atoms with van der Waals surface area (Å²) in [5.74, 6) is 2.05. The molecule has 8 heteroatoms. The molecule has 3 rings (SSSR count). The van der Waals surface area contributed by atoms with Crippen LogP contribution in [0.5, 0.6) is 0 Å². The zero-order valence-electron chi connectivity index (χ0n) is 14.3. The highest BCUT2D eigenvalue weighted by molar-refractivity contribution is 7.98. The SMILES string of the molecule is Cn1c(=O)c(=O)n(CC(=O)NCCSCc2ccco2)c2ccccc21. The first-order valence-corrected chi connectivity index (χ1v) is 9.29. The Labute approximate surface area is 153 Å². The number of para-hydroxylation sites is 2. The monoisotopic (exact) mass is 373 g/mol. The molecule has 1 amide bonds. The van der Waals surface area contributed by atoms with Crippen molar-refractivity contribution in [3.8, 4) is 0 Å². The van der Waals surface area contributed by atoms with E-state index in [0.29, 0.717) is 17.6 Å². The number of hydrogen-bond acceptors (Lipinski definition) is 5. The summed E-state index contributed by atoms with van der Waals surface area (Å²) >= 11 is 1.64. The van der Waals surface area contributed by atoms with Gasteiger partial charge in [0.2, 0.25) is 5.91 Å². The molecule has 1 aromatic carbocycles. The van der Waals surface area contributed by atoms with Crippen LogP contribution in [0.3, 0.4) is 0 Å². The van der Waals surface area contributed by atoms with E-state index in [-0.39, 0.29) is 12.5 Å². The van der Waals surface area contributed by atoms with Crippen molar-refractivity contribution < 1.29 is 9.21 Å². The molecule has 0 spiro atoms. The summed E-state index contributed by atoms with van der Waals surface area (Å²) in [7, 11) is 1.55. The lowest BCUT2D eigenvalue weighted by atomic mass is 10.3. The fourth-order valence-corrected chi connectivity index (χ4v) is 3.40. The van der Waals surface area contributed by atoms with Gasteiger partial charge in [-0.2, -0.15) is 11.8 Å². The lowest BCUT2D eigenvalue weighted by Gasteiger charge is -2.12. The maximum atomic E-state index is 12.3. The number of carbonyl (C=O) groups is 1. The molecule has 0 unspecified atom stereocenters. The molecule has 0 aliphatic rings. The predicted molar refractivity (Wildman–Crippen MR) is 101 cm³/mol. The number of aromatic nitrogens is 2. The molecule has 0 saturated heterocycles. The number of hydrogen-bond donors (Lipinski definition) is 1. The van der Waals surface area contributed by atoms with E-state index in [1.807, 2.05) is 12.1 Å². The molecule has 0 saturated carbocycles. The van der Waals surface area contributed by atoms with Crippen LogP contribution in [-0.2, 0) is 24.1 Å². The van der Waals surface area contributed by atoms with E-state index in [4.69, 9.17) is 4.42 Å². The molecule has 0 aliphatic heterocycles. The smallest absolute Gasteiger partial charge is 0.317 e. The summed E-state index contributed by atoms with van der Waals surface area (Å²) in [4.78, 5) is 36.6. The zero-order chi connectivity index (χ0) is 18.5. The molecule has 26 heavy (non-hydrogen) atoms. The molecule has 0 fully saturated rings. The normalized spacial score (nSPS) is 11.0. The summed E-state index contributed by atoms with van der Waals surface area (Å²) in [5, 5.41) is 2.78. The fraction of sp³-hybridized carbons (Fsp3) is 0.278. The summed E-state index contributed by atoms with van der Waals surface area (Å²) in [6.07, 6.45) is 1.63. The van der Waals surface area contributed by atoms with Gasteiger partial charge in [-0.3, -0.25) is 19.0 Å². The van der Waals surface area contributed by atoms with Gasteiger partial charge in [-0.05, 0) is 24.3 Å². The lowest BCUT2D eigenvalue weighted by Crippen LogP contribution is -2.43. The topological polar surface area (TPSA) is 86.2 Å². The zero-order valence-corrected chi connectivity index (χ0v) is 15.1. The van der Waals surface area contributed by atoms with E-state index in [0.717, 1.165) is 17.3 Å². The standard InChI is InChI=1S/C18H19N3O4S/c1-20-14-6-2-3-7-15(14)21(18(24)17(20)23)11-16(22)19-8-10-26-12-13-5-4-9-25-13/h2-7,9H,8,10-12H2,1H3,(H,19,22). The number of nitrogens with one attached hydrogen (secondary N) is 1. The second-order valence-corrected chi connectivity index (χ2v) is 6.83. The molecule has 1 N–H and O–H groups in total. The van der Waals surface area contributed by atoms with E-state index in [2.05, 4.69) is 5.32 Å². The third-order valence-electron chi connectivity index (χ3n) is 3.96. The van der Waals surface area contributed by atoms with Crippen LogP contribution < -0.4 is 16.4 Å². The predicted octanol–water partition coefficient (Wildman–Crippen LogP) is 1.34. The first kappa shape index (κ1) is 18.1. The minimum absolute atomic E-state index is 0.182. The van der Waals surface area contributed by atoms with Crippen LogP contribution in [0.25, 0.3) is 11.0 Å². The molecule has 0 bridgehead atoms. The molecule has 0 aliphatic carbocycles. The quantitative estimate of drug-likeness (QED) is 0.499. The highest BCUT2D eigenvalue weighted by Gasteiger charge is 2.13. The molecule has 7 nitrogen and oxygen atoms in total. The van der Waals surface area contributed by atoms with Gasteiger partial charge < -0.3 is 14.3 Å². The van der Waals surface area contributed by atoms with Crippen LogP contribution in [0.1, 0.15) is 5.76 Å². The average Bonchev–Trinajstić information content (AvgIpc) is 3.16. The molecular weight excluding hydrogens is 354 g/mol. The molecule has 136 valence electrons. The first-order valence-electron chi connectivity index (χ1n) is 8.13. The number of rotatable bonds is 7. The highest BCUT2D eigenvalue weighted by atomic mass is 32.2. The second kappa shape index (κ2) is 8.09. The molecule has 0 atom stereocenters. The number of thioether (sulfide) groups is 1. The van der Waals surface area contributed by atoms with E-state index in [1.54, 1.807) is 49.3 Å². The average molecular weight is 373 g/mol. The van der Waals surface area contributed by atoms with Gasteiger partial charge in [-0.25, -0.2) is 0 Å². The van der Waals surface area contributed by atoms with Crippen LogP contribution in [-0.4, -0.2) is 27.3 Å². The Bertz CT molecular complexity index is 1020. The number of aryl methyl sites for hydroxylation is 1. The van der Waals surface area contributed by atoms with Crippen LogP contribution in [0.4, 0.5) is 0 Å². The third-order valence-corrected chi connectivity index (χ3v) is 4.94. The first-order chi connectivity index (χ1) is 12.6. The third kappa shape index (κ3) is 3.91. The van der Waals surface area contributed by atoms with Crippen LogP contribution in [0, 0.1) is 0 Å². The minimum Gasteiger partial charge on any atom is -0.468 e. The summed E-state index contributed by atoms with van der Waals surface area (Å²) < 4.78 is 7.77. The van der Waals surface area contributed by atoms with Crippen LogP contribution in [0.15, 0.2) is 56.7 Å². The Morgan fingerprint density at radius 3 is 2.62 bits per heavy atom. The summed E-state index contributed by atoms with van der Waals surface area (Å²) in [5.41, 5.74) is -0.181. The maximum Gasteiger partial charge on any atom is 0.317 e. The minimum atomic E-state index is -0.700. The van der Waals surface area contributed by atoms with E-state index >= 15 is 0 Å². The Morgan fingerprint density at radius 2 is 1.88 bits per heavy atom. The number of fused-ring (bicyclic) bond motifs is 1. The Kier molecular flexibility index (Phi) is 5.62. The number of furan rings is 1. The van der Waals surface area contributed by atoms with Gasteiger partial charge >= 0.3 is 11.1 Å². The summed E-state index contributed by atoms with van der Waals surface area (Å²) in [6, 6.07) is 10.8. The number of carbonyl (C=O) groups excluding carboxylic acids is 1. The Hall–Kier alpha value is -2.74. The van der Waals surface area contributed by atoms with Gasteiger partial charge in [-0.1, -0.05) is 12.1 Å². The molecule has 2 aromatic heterocycles. The van der Waals surface area contributed by atoms with Gasteiger partial charge in [0, 0.05) is 19.3 Å². The molecule has 3 aromatic rings. The maximum absolute atomic E-state index is 12.3. The van der Waals surface area contributed by atoms with Crippen molar-refractivity contribution in [2.24, 2.45) is 7.05 Å². The van der Waals surface area contributed by atoms with Gasteiger partial charge in [0.15, 0.2) is 0 Å². The molecular formula is C18H19N3O4S. The van der Waals surface area contributed by atoms with Gasteiger partial charge in [0.25, 0.3) is 0 Å². The highest BCUT2D eigenvalue weighted by Crippen LogP contribution is 2.11. The number of benzene rings is 1. The van der Waals surface area contributed by atoms with Crippen molar-refractivity contribution in [2.45, 2.75) is 12.3 Å². The molecule has 0 radical (unpaired) electrons. The number of amides is 1. The van der Waals surface area contributed by atoms with E-state index < -0.39 is 11.1 Å². The van der Waals surface area contributed by atoms with Crippen molar-refractivity contribution >= 4 is 28.7 Å². The van der Waals surface area contributed by atoms with Crippen molar-refractivity contribution in [3.05, 3.63) is 69.1 Å². The van der Waals surface area contributed by atoms with Crippen LogP contribution >= 0.6 is 11.8 Å². The van der Waals surface area contributed by atoms with Crippen molar-refractivity contribution in [2.75, 3.05) is 12.3 Å². The Morgan fingerprint density at radius 1 is 1.12 bits per heavy atom. The van der Waals surface area contributed by atoms with E-state index in [9.17, 15) is 14.4 Å². The number of nitrogens with zero attached hydrogens (tertiary/aromatic N) is 2. The Balaban J connectivity index is 1.62. The summed E-state index contributed by atoms with van der Waals surface area (Å²) in [6.45, 7) is 0.292. The largest absolute Gasteiger partial charge is 0.468 e. The fourth-order valence-electron chi connectivity index (χ4n) is 2.64. The van der Waals surface area contributed by atoms with Crippen molar-refractivity contribution in [1.82, 2.24) is 14.5 Å². The molecule has 2 heterocycles. The lowest BCUT2D eigenvalue weighted by molar-refractivity contribution is -0.121. The van der Waals surface area contributed by atoms with Crippen molar-refractivity contribution in [3.63, 3.8) is 0 Å². The van der Waals surface area contributed by atoms with Gasteiger partial charge in [0.1, 0.15) is 12.3 Å². The van der Waals surface area contributed by atoms with Crippen molar-refractivity contribution in [1.29, 1.82) is 0 Å². The van der Waals surface area contributed by atoms with Gasteiger partial charge in [-0.15, -0.1) is 0 Å². The van der Waals surface area contributed by atoms with E-state index in [1.165, 1.54) is 9.13 Å².